The summed E-state index contributed by atoms with van der Waals surface area (Å²) >= 11 is 7.12. The predicted molar refractivity (Wildman–Crippen MR) is 129 cm³/mol. The van der Waals surface area contributed by atoms with Crippen LogP contribution in [0.5, 0.6) is 0 Å². The van der Waals surface area contributed by atoms with Crippen LogP contribution in [0.1, 0.15) is 28.9 Å². The molecule has 1 saturated carbocycles. The van der Waals surface area contributed by atoms with Gasteiger partial charge in [0.25, 0.3) is 11.8 Å². The third-order valence-electron chi connectivity index (χ3n) is 5.89. The minimum absolute atomic E-state index is 0.0796. The molecule has 0 unspecified atom stereocenters. The van der Waals surface area contributed by atoms with E-state index in [2.05, 4.69) is 16.0 Å². The molecule has 1 aromatic heterocycles. The zero-order valence-electron chi connectivity index (χ0n) is 18.1. The second-order valence-corrected chi connectivity index (χ2v) is 9.92. The number of nitrogens with one attached hydrogen (secondary N) is 3. The molecule has 1 aromatic carbocycles. The highest BCUT2D eigenvalue weighted by atomic mass is 35.5. The fraction of sp³-hybridized carbons (Fsp3) is 0.435. The van der Waals surface area contributed by atoms with Crippen molar-refractivity contribution in [3.63, 3.8) is 0 Å². The van der Waals surface area contributed by atoms with E-state index in [4.69, 9.17) is 16.3 Å². The molecule has 3 N–H and O–H groups in total. The highest BCUT2D eigenvalue weighted by Crippen LogP contribution is 2.25. The van der Waals surface area contributed by atoms with Crippen molar-refractivity contribution in [1.29, 1.82) is 0 Å². The van der Waals surface area contributed by atoms with Crippen LogP contribution in [0.25, 0.3) is 0 Å². The van der Waals surface area contributed by atoms with Crippen LogP contribution < -0.4 is 20.9 Å². The number of morpholine rings is 1. The van der Waals surface area contributed by atoms with Crippen LogP contribution in [0.4, 0.5) is 11.4 Å². The van der Waals surface area contributed by atoms with Gasteiger partial charge in [0.2, 0.25) is 5.91 Å². The molecule has 0 bridgehead atoms. The molecular weight excluding hydrogens is 464 g/mol. The number of thiophene rings is 1. The molecular formula is C23H27ClN4O4S. The summed E-state index contributed by atoms with van der Waals surface area (Å²) in [7, 11) is 0. The number of carbonyl (C=O) groups excluding carboxylic acids is 3. The number of halogens is 1. The van der Waals surface area contributed by atoms with Gasteiger partial charge >= 0.3 is 0 Å². The van der Waals surface area contributed by atoms with E-state index in [-0.39, 0.29) is 30.9 Å². The van der Waals surface area contributed by atoms with Gasteiger partial charge in [-0.15, -0.1) is 11.3 Å². The predicted octanol–water partition coefficient (Wildman–Crippen LogP) is 2.89. The van der Waals surface area contributed by atoms with E-state index in [0.717, 1.165) is 25.1 Å². The monoisotopic (exact) mass is 490 g/mol. The van der Waals surface area contributed by atoms with Crippen LogP contribution in [-0.2, 0) is 14.3 Å². The highest BCUT2D eigenvalue weighted by molar-refractivity contribution is 7.18. The van der Waals surface area contributed by atoms with Crippen LogP contribution in [-0.4, -0.2) is 56.6 Å². The van der Waals surface area contributed by atoms with Gasteiger partial charge in [-0.1, -0.05) is 18.0 Å². The number of nitrogens with zero attached hydrogens (tertiary/aromatic N) is 1. The average molecular weight is 491 g/mol. The molecule has 2 heterocycles. The number of ether oxygens (including phenoxy) is 1. The molecule has 1 aliphatic heterocycles. The molecule has 176 valence electrons. The summed E-state index contributed by atoms with van der Waals surface area (Å²) < 4.78 is 5.71. The lowest BCUT2D eigenvalue weighted by Crippen LogP contribution is -2.50. The normalized spacial score (nSPS) is 17.4. The molecule has 4 rings (SSSR count). The fourth-order valence-corrected chi connectivity index (χ4v) is 4.69. The number of hydrogen-bond donors (Lipinski definition) is 3. The molecule has 0 radical (unpaired) electrons. The van der Waals surface area contributed by atoms with Gasteiger partial charge in [-0.2, -0.15) is 0 Å². The summed E-state index contributed by atoms with van der Waals surface area (Å²) in [5.41, 5.74) is 1.39. The molecule has 0 spiro atoms. The molecule has 2 aromatic rings. The topological polar surface area (TPSA) is 99.8 Å². The van der Waals surface area contributed by atoms with Crippen LogP contribution in [0.15, 0.2) is 36.4 Å². The Balaban J connectivity index is 1.36. The lowest BCUT2D eigenvalue weighted by molar-refractivity contribution is -0.125. The number of carbonyl (C=O) groups is 3. The van der Waals surface area contributed by atoms with Crippen molar-refractivity contribution in [2.75, 3.05) is 43.1 Å². The largest absolute Gasteiger partial charge is 0.370 e. The van der Waals surface area contributed by atoms with E-state index in [0.29, 0.717) is 34.0 Å². The lowest BCUT2D eigenvalue weighted by Gasteiger charge is -2.28. The number of amides is 3. The van der Waals surface area contributed by atoms with E-state index in [1.54, 1.807) is 41.3 Å². The standard InChI is InChI=1S/C23H27ClN4O4S/c24-20-9-8-19(33-20)23(31)26-13-18(25-12-15-2-1-3-15)22(30)27-16-4-6-17(7-5-16)28-10-11-32-14-21(28)29/h4-9,15,18,25H,1-3,10-14H2,(H,26,31)(H,27,30)/t18-/m1/s1. The van der Waals surface area contributed by atoms with Gasteiger partial charge in [-0.25, -0.2) is 0 Å². The summed E-state index contributed by atoms with van der Waals surface area (Å²) in [6.45, 7) is 1.98. The van der Waals surface area contributed by atoms with Crippen LogP contribution in [0, 0.1) is 5.92 Å². The molecule has 8 nitrogen and oxygen atoms in total. The first-order chi connectivity index (χ1) is 16.0. The van der Waals surface area contributed by atoms with E-state index >= 15 is 0 Å². The summed E-state index contributed by atoms with van der Waals surface area (Å²) in [6.07, 6.45) is 3.53. The van der Waals surface area contributed by atoms with Crippen LogP contribution >= 0.6 is 22.9 Å². The fourth-order valence-electron chi connectivity index (χ4n) is 3.73. The Hall–Kier alpha value is -2.46. The molecule has 2 fully saturated rings. The van der Waals surface area contributed by atoms with Crippen molar-refractivity contribution < 1.29 is 19.1 Å². The zero-order valence-corrected chi connectivity index (χ0v) is 19.7. The van der Waals surface area contributed by atoms with E-state index in [9.17, 15) is 14.4 Å². The molecule has 1 saturated heterocycles. The van der Waals surface area contributed by atoms with Gasteiger partial charge in [-0.3, -0.25) is 14.4 Å². The lowest BCUT2D eigenvalue weighted by atomic mass is 9.85. The van der Waals surface area contributed by atoms with Crippen molar-refractivity contribution in [3.05, 3.63) is 45.6 Å². The Labute approximate surface area is 201 Å². The Morgan fingerprint density at radius 3 is 2.61 bits per heavy atom. The molecule has 2 aliphatic rings. The Kier molecular flexibility index (Phi) is 7.97. The Bertz CT molecular complexity index is 993. The number of benzene rings is 1. The SMILES string of the molecule is O=C(NC[C@@H](NCC1CCC1)C(=O)Nc1ccc(N2CCOCC2=O)cc1)c1ccc(Cl)s1. The quantitative estimate of drug-likeness (QED) is 0.502. The Morgan fingerprint density at radius 2 is 1.97 bits per heavy atom. The zero-order chi connectivity index (χ0) is 23.2. The minimum Gasteiger partial charge on any atom is -0.370 e. The second kappa shape index (κ2) is 11.1. The first kappa shape index (κ1) is 23.7. The molecule has 33 heavy (non-hydrogen) atoms. The maximum Gasteiger partial charge on any atom is 0.261 e. The smallest absolute Gasteiger partial charge is 0.261 e. The third-order valence-corrected chi connectivity index (χ3v) is 7.12. The van der Waals surface area contributed by atoms with Gasteiger partial charge in [-0.05, 0) is 61.7 Å². The number of hydrogen-bond acceptors (Lipinski definition) is 6. The highest BCUT2D eigenvalue weighted by Gasteiger charge is 2.24. The first-order valence-corrected chi connectivity index (χ1v) is 12.2. The summed E-state index contributed by atoms with van der Waals surface area (Å²) in [4.78, 5) is 39.6. The van der Waals surface area contributed by atoms with Gasteiger partial charge in [0.1, 0.15) is 12.6 Å². The van der Waals surface area contributed by atoms with E-state index in [1.165, 1.54) is 17.8 Å². The molecule has 3 amide bonds. The summed E-state index contributed by atoms with van der Waals surface area (Å²) in [5.74, 6) is 0.00206. The summed E-state index contributed by atoms with van der Waals surface area (Å²) in [5, 5.41) is 9.05. The third kappa shape index (κ3) is 6.32. The number of rotatable bonds is 9. The van der Waals surface area contributed by atoms with Crippen molar-refractivity contribution in [1.82, 2.24) is 10.6 Å². The molecule has 10 heteroatoms. The van der Waals surface area contributed by atoms with E-state index in [1.807, 2.05) is 0 Å². The summed E-state index contributed by atoms with van der Waals surface area (Å²) in [6, 6.07) is 9.91. The maximum absolute atomic E-state index is 13.0. The van der Waals surface area contributed by atoms with Gasteiger partial charge in [0, 0.05) is 24.5 Å². The van der Waals surface area contributed by atoms with Crippen molar-refractivity contribution >= 4 is 52.0 Å². The van der Waals surface area contributed by atoms with Crippen molar-refractivity contribution in [3.8, 4) is 0 Å². The van der Waals surface area contributed by atoms with Crippen LogP contribution in [0.2, 0.25) is 4.34 Å². The van der Waals surface area contributed by atoms with Gasteiger partial charge < -0.3 is 25.6 Å². The second-order valence-electron chi connectivity index (χ2n) is 8.21. The van der Waals surface area contributed by atoms with Gasteiger partial charge in [0.05, 0.1) is 15.8 Å². The van der Waals surface area contributed by atoms with Gasteiger partial charge in [0.15, 0.2) is 0 Å². The van der Waals surface area contributed by atoms with Crippen LogP contribution in [0.3, 0.4) is 0 Å². The van der Waals surface area contributed by atoms with Crippen molar-refractivity contribution in [2.24, 2.45) is 5.92 Å². The number of anilines is 2. The molecule has 1 aliphatic carbocycles. The average Bonchev–Trinajstić information content (AvgIpc) is 3.22. The minimum atomic E-state index is -0.578. The Morgan fingerprint density at radius 1 is 1.18 bits per heavy atom. The van der Waals surface area contributed by atoms with E-state index < -0.39 is 6.04 Å². The van der Waals surface area contributed by atoms with Crippen molar-refractivity contribution in [2.45, 2.75) is 25.3 Å². The maximum atomic E-state index is 13.0. The molecule has 1 atom stereocenters. The first-order valence-electron chi connectivity index (χ1n) is 11.1.